The summed E-state index contributed by atoms with van der Waals surface area (Å²) in [7, 11) is 1.54. The maximum Gasteiger partial charge on any atom is 0.261 e. The van der Waals surface area contributed by atoms with Gasteiger partial charge in [-0.1, -0.05) is 45.6 Å². The number of amides is 1. The van der Waals surface area contributed by atoms with Crippen LogP contribution in [-0.4, -0.2) is 39.2 Å². The Morgan fingerprint density at radius 3 is 2.60 bits per heavy atom. The summed E-state index contributed by atoms with van der Waals surface area (Å²) in [5.41, 5.74) is 4.24. The first-order chi connectivity index (χ1) is 21.5. The average molecular weight is 604 g/mol. The van der Waals surface area contributed by atoms with Gasteiger partial charge in [-0.2, -0.15) is 5.26 Å². The summed E-state index contributed by atoms with van der Waals surface area (Å²) >= 11 is 0. The van der Waals surface area contributed by atoms with Crippen molar-refractivity contribution >= 4 is 28.7 Å². The molecule has 0 saturated heterocycles. The van der Waals surface area contributed by atoms with E-state index in [1.165, 1.54) is 24.1 Å². The van der Waals surface area contributed by atoms with Crippen molar-refractivity contribution in [3.05, 3.63) is 107 Å². The van der Waals surface area contributed by atoms with E-state index in [1.807, 2.05) is 45.9 Å². The van der Waals surface area contributed by atoms with E-state index in [2.05, 4.69) is 17.6 Å². The van der Waals surface area contributed by atoms with Crippen molar-refractivity contribution in [3.63, 3.8) is 0 Å². The highest BCUT2D eigenvalue weighted by atomic mass is 19.1. The Balaban J connectivity index is 1.62. The minimum Gasteiger partial charge on any atom is -0.478 e. The Labute approximate surface area is 261 Å². The highest BCUT2D eigenvalue weighted by Crippen LogP contribution is 2.34. The summed E-state index contributed by atoms with van der Waals surface area (Å²) in [6.07, 6.45) is 4.79. The van der Waals surface area contributed by atoms with Crippen LogP contribution in [-0.2, 0) is 12.0 Å². The fourth-order valence-electron chi connectivity index (χ4n) is 5.29. The molecule has 45 heavy (non-hydrogen) atoms. The lowest BCUT2D eigenvalue weighted by Gasteiger charge is -2.25. The van der Waals surface area contributed by atoms with Crippen molar-refractivity contribution in [2.45, 2.75) is 39.7 Å². The van der Waals surface area contributed by atoms with Crippen molar-refractivity contribution in [1.82, 2.24) is 14.5 Å². The van der Waals surface area contributed by atoms with Crippen LogP contribution < -0.4 is 9.64 Å². The van der Waals surface area contributed by atoms with Crippen molar-refractivity contribution < 1.29 is 19.0 Å². The van der Waals surface area contributed by atoms with Crippen LogP contribution >= 0.6 is 0 Å². The minimum absolute atomic E-state index is 0.108. The van der Waals surface area contributed by atoms with Gasteiger partial charge < -0.3 is 14.7 Å². The molecule has 228 valence electrons. The number of aliphatic hydroxyl groups excluding tert-OH is 1. The Kier molecular flexibility index (Phi) is 8.53. The van der Waals surface area contributed by atoms with Gasteiger partial charge in [-0.25, -0.2) is 14.4 Å². The monoisotopic (exact) mass is 603 g/mol. The lowest BCUT2D eigenvalue weighted by Crippen LogP contribution is -2.29. The molecular formula is C36H34FN5O3. The number of aromatic nitrogens is 3. The van der Waals surface area contributed by atoms with E-state index in [0.717, 1.165) is 11.1 Å². The quantitative estimate of drug-likeness (QED) is 0.201. The van der Waals surface area contributed by atoms with Gasteiger partial charge in [-0.15, -0.1) is 0 Å². The molecule has 0 atom stereocenters. The van der Waals surface area contributed by atoms with Gasteiger partial charge in [0.25, 0.3) is 5.91 Å². The molecule has 0 unspecified atom stereocenters. The number of rotatable bonds is 8. The van der Waals surface area contributed by atoms with Gasteiger partial charge in [0.1, 0.15) is 17.5 Å². The molecule has 0 radical (unpaired) electrons. The van der Waals surface area contributed by atoms with Crippen LogP contribution in [0.1, 0.15) is 60.3 Å². The van der Waals surface area contributed by atoms with Gasteiger partial charge in [0, 0.05) is 42.0 Å². The summed E-state index contributed by atoms with van der Waals surface area (Å²) in [5.74, 6) is -0.731. The fraction of sp³-hybridized carbons (Fsp3) is 0.222. The van der Waals surface area contributed by atoms with E-state index >= 15 is 4.39 Å². The topological polar surface area (TPSA) is 104 Å². The Morgan fingerprint density at radius 2 is 1.98 bits per heavy atom. The summed E-state index contributed by atoms with van der Waals surface area (Å²) < 4.78 is 22.7. The van der Waals surface area contributed by atoms with E-state index in [4.69, 9.17) is 9.72 Å². The maximum absolute atomic E-state index is 15.5. The van der Waals surface area contributed by atoms with E-state index in [1.54, 1.807) is 47.3 Å². The highest BCUT2D eigenvalue weighted by molar-refractivity contribution is 6.08. The number of fused-ring (bicyclic) bond motifs is 1. The van der Waals surface area contributed by atoms with Crippen LogP contribution in [0.5, 0.6) is 5.88 Å². The van der Waals surface area contributed by atoms with Gasteiger partial charge in [0.15, 0.2) is 0 Å². The number of hydrogen-bond acceptors (Lipinski definition) is 6. The van der Waals surface area contributed by atoms with Crippen LogP contribution in [0.15, 0.2) is 73.6 Å². The third-order valence-corrected chi connectivity index (χ3v) is 7.73. The molecule has 8 nitrogen and oxygen atoms in total. The number of ether oxygens (including phenoxy) is 1. The second-order valence-electron chi connectivity index (χ2n) is 11.6. The highest BCUT2D eigenvalue weighted by Gasteiger charge is 2.26. The Bertz CT molecular complexity index is 1970. The van der Waals surface area contributed by atoms with Crippen molar-refractivity contribution in [1.29, 1.82) is 5.26 Å². The second kappa shape index (κ2) is 12.3. The molecule has 5 rings (SSSR count). The summed E-state index contributed by atoms with van der Waals surface area (Å²) in [6, 6.07) is 17.8. The number of halogens is 1. The lowest BCUT2D eigenvalue weighted by molar-refractivity contribution is 0.0988. The Morgan fingerprint density at radius 1 is 1.20 bits per heavy atom. The molecular weight excluding hydrogens is 569 g/mol. The normalized spacial score (nSPS) is 11.3. The molecule has 3 heterocycles. The fourth-order valence-corrected chi connectivity index (χ4v) is 5.29. The van der Waals surface area contributed by atoms with E-state index in [-0.39, 0.29) is 11.0 Å². The maximum atomic E-state index is 15.5. The van der Waals surface area contributed by atoms with Gasteiger partial charge >= 0.3 is 0 Å². The van der Waals surface area contributed by atoms with Gasteiger partial charge in [-0.05, 0) is 59.9 Å². The molecule has 0 fully saturated rings. The average Bonchev–Trinajstić information content (AvgIpc) is 3.41. The molecule has 3 aromatic heterocycles. The number of pyridine rings is 2. The predicted molar refractivity (Wildman–Crippen MR) is 174 cm³/mol. The van der Waals surface area contributed by atoms with Crippen LogP contribution in [0, 0.1) is 17.1 Å². The predicted octanol–water partition coefficient (Wildman–Crippen LogP) is 7.21. The molecule has 5 aromatic rings. The third kappa shape index (κ3) is 5.80. The third-order valence-electron chi connectivity index (χ3n) is 7.73. The molecule has 1 N–H and O–H groups in total. The van der Waals surface area contributed by atoms with Crippen LogP contribution in [0.4, 0.5) is 10.1 Å². The molecule has 0 saturated carbocycles. The first kappa shape index (κ1) is 31.1. The van der Waals surface area contributed by atoms with E-state index < -0.39 is 18.3 Å². The summed E-state index contributed by atoms with van der Waals surface area (Å²) in [6.45, 7) is 11.7. The molecule has 0 aliphatic rings. The molecule has 0 bridgehead atoms. The summed E-state index contributed by atoms with van der Waals surface area (Å²) in [4.78, 5) is 24.4. The van der Waals surface area contributed by atoms with Gasteiger partial charge in [0.2, 0.25) is 5.88 Å². The number of anilines is 1. The number of carbonyl (C=O) groups is 1. The number of nitriles is 1. The minimum atomic E-state index is -0.647. The second-order valence-corrected chi connectivity index (χ2v) is 11.6. The zero-order valence-electron chi connectivity index (χ0n) is 25.9. The van der Waals surface area contributed by atoms with Crippen LogP contribution in [0.2, 0.25) is 0 Å². The number of nitrogens with zero attached hydrogens (tertiary/aromatic N) is 5. The zero-order valence-corrected chi connectivity index (χ0v) is 25.9. The van der Waals surface area contributed by atoms with Gasteiger partial charge in [0.05, 0.1) is 41.4 Å². The van der Waals surface area contributed by atoms with Crippen molar-refractivity contribution in [3.8, 4) is 28.9 Å². The van der Waals surface area contributed by atoms with E-state index in [9.17, 15) is 15.2 Å². The summed E-state index contributed by atoms with van der Waals surface area (Å²) in [5, 5.41) is 21.2. The molecule has 0 aliphatic carbocycles. The molecule has 0 spiro atoms. The molecule has 0 aliphatic heterocycles. The number of aliphatic hydroxyl groups is 1. The van der Waals surface area contributed by atoms with Crippen LogP contribution in [0.25, 0.3) is 34.1 Å². The Hall–Kier alpha value is -5.33. The molecule has 1 amide bonds. The molecule has 9 heteroatoms. The first-order valence-corrected chi connectivity index (χ1v) is 14.5. The standard InChI is InChI=1S/C36H34FN5O3/c1-7-22-16-25(36(3,4)5)17-28(37)33(22)35(44)41(6)30-10-9-11-31(27(30)21-43)42-20-24(18-38)26-13-14-29(40-34(26)42)23-12-15-32(39-19-23)45-8-2/h7,9-17,19-20,43H,1,8,21H2,2-6H3. The van der Waals surface area contributed by atoms with E-state index in [0.29, 0.717) is 57.3 Å². The number of carbonyl (C=O) groups excluding carboxylic acids is 1. The molecule has 2 aromatic carbocycles. The number of benzene rings is 2. The smallest absolute Gasteiger partial charge is 0.261 e. The van der Waals surface area contributed by atoms with Gasteiger partial charge in [-0.3, -0.25) is 9.36 Å². The number of hydrogen-bond donors (Lipinski definition) is 1. The van der Waals surface area contributed by atoms with Crippen molar-refractivity contribution in [2.24, 2.45) is 0 Å². The van der Waals surface area contributed by atoms with Crippen molar-refractivity contribution in [2.75, 3.05) is 18.6 Å². The lowest BCUT2D eigenvalue weighted by atomic mass is 9.84. The largest absolute Gasteiger partial charge is 0.478 e. The first-order valence-electron chi connectivity index (χ1n) is 14.5. The zero-order chi connectivity index (χ0) is 32.5. The SMILES string of the molecule is C=Cc1cc(C(C)(C)C)cc(F)c1C(=O)N(C)c1cccc(-n2cc(C#N)c3ccc(-c4ccc(OCC)nc4)nc32)c1CO. The van der Waals surface area contributed by atoms with Crippen LogP contribution in [0.3, 0.4) is 0 Å².